The summed E-state index contributed by atoms with van der Waals surface area (Å²) in [6.07, 6.45) is 0. The highest BCUT2D eigenvalue weighted by Crippen LogP contribution is 2.44. The first-order chi connectivity index (χ1) is 14.8. The number of benzene rings is 4. The van der Waals surface area contributed by atoms with Crippen LogP contribution in [0, 0.1) is 0 Å². The van der Waals surface area contributed by atoms with Crippen molar-refractivity contribution in [2.75, 3.05) is 14.2 Å². The average molecular weight is 396 g/mol. The van der Waals surface area contributed by atoms with Crippen LogP contribution in [0.25, 0.3) is 0 Å². The van der Waals surface area contributed by atoms with E-state index in [9.17, 15) is 0 Å². The maximum atomic E-state index is 6.90. The predicted molar refractivity (Wildman–Crippen MR) is 119 cm³/mol. The Morgan fingerprint density at radius 3 is 1.37 bits per heavy atom. The molecule has 0 aliphatic carbocycles. The average Bonchev–Trinajstić information content (AvgIpc) is 2.84. The summed E-state index contributed by atoms with van der Waals surface area (Å²) < 4.78 is 17.9. The zero-order chi connectivity index (χ0) is 20.8. The topological polar surface area (TPSA) is 27.7 Å². The molecule has 4 aromatic rings. The summed E-state index contributed by atoms with van der Waals surface area (Å²) in [7, 11) is 3.27. The number of ether oxygens (including phenoxy) is 3. The lowest BCUT2D eigenvalue weighted by molar-refractivity contribution is 0.148. The van der Waals surface area contributed by atoms with E-state index in [-0.39, 0.29) is 0 Å². The minimum absolute atomic E-state index is 0.613. The lowest BCUT2D eigenvalue weighted by atomic mass is 9.80. The molecule has 0 N–H and O–H groups in total. The highest BCUT2D eigenvalue weighted by atomic mass is 16.5. The van der Waals surface area contributed by atoms with Gasteiger partial charge in [-0.05, 0) is 12.1 Å². The summed E-state index contributed by atoms with van der Waals surface area (Å²) >= 11 is 0. The van der Waals surface area contributed by atoms with Crippen molar-refractivity contribution in [3.63, 3.8) is 0 Å². The molecule has 0 fully saturated rings. The van der Waals surface area contributed by atoms with Gasteiger partial charge in [0.1, 0.15) is 5.75 Å². The number of methoxy groups -OCH3 is 2. The molecule has 0 unspecified atom stereocenters. The Bertz CT molecular complexity index is 980. The van der Waals surface area contributed by atoms with Crippen molar-refractivity contribution in [1.82, 2.24) is 0 Å². The van der Waals surface area contributed by atoms with Crippen molar-refractivity contribution in [3.05, 3.63) is 126 Å². The molecule has 0 saturated carbocycles. The molecule has 4 rings (SSSR count). The predicted octanol–water partition coefficient (Wildman–Crippen LogP) is 6.07. The van der Waals surface area contributed by atoms with Gasteiger partial charge in [-0.2, -0.15) is 0 Å². The van der Waals surface area contributed by atoms with Crippen LogP contribution in [-0.4, -0.2) is 14.2 Å². The summed E-state index contributed by atoms with van der Waals surface area (Å²) in [5, 5.41) is 0. The van der Waals surface area contributed by atoms with Gasteiger partial charge < -0.3 is 14.2 Å². The number of rotatable bonds is 7. The molecule has 150 valence electrons. The Morgan fingerprint density at radius 2 is 0.967 bits per heavy atom. The minimum Gasteiger partial charge on any atom is -0.497 e. The van der Waals surface area contributed by atoms with Crippen LogP contribution in [0.2, 0.25) is 0 Å². The fourth-order valence-corrected chi connectivity index (χ4v) is 3.72. The van der Waals surface area contributed by atoms with Crippen molar-refractivity contribution < 1.29 is 14.2 Å². The van der Waals surface area contributed by atoms with Gasteiger partial charge in [-0.25, -0.2) is 0 Å². The fourth-order valence-electron chi connectivity index (χ4n) is 3.72. The van der Waals surface area contributed by atoms with E-state index in [0.717, 1.165) is 16.7 Å². The van der Waals surface area contributed by atoms with E-state index < -0.39 is 5.60 Å². The van der Waals surface area contributed by atoms with Gasteiger partial charge in [0.25, 0.3) is 0 Å². The molecule has 3 heteroatoms. The molecular formula is C27H24O3. The fraction of sp³-hybridized carbons (Fsp3) is 0.111. The monoisotopic (exact) mass is 396 g/mol. The van der Waals surface area contributed by atoms with Gasteiger partial charge in [0.2, 0.25) is 0 Å². The largest absolute Gasteiger partial charge is 0.497 e. The van der Waals surface area contributed by atoms with Crippen LogP contribution < -0.4 is 14.2 Å². The summed E-state index contributed by atoms with van der Waals surface area (Å²) in [6.45, 7) is 0. The summed E-state index contributed by atoms with van der Waals surface area (Å²) in [4.78, 5) is 0. The zero-order valence-corrected chi connectivity index (χ0v) is 17.1. The molecule has 0 aliphatic rings. The molecule has 0 radical (unpaired) electrons. The van der Waals surface area contributed by atoms with Gasteiger partial charge in [0, 0.05) is 22.8 Å². The van der Waals surface area contributed by atoms with E-state index in [1.165, 1.54) is 0 Å². The molecule has 0 aliphatic heterocycles. The van der Waals surface area contributed by atoms with Gasteiger partial charge in [-0.15, -0.1) is 0 Å². The normalized spacial score (nSPS) is 11.0. The Morgan fingerprint density at radius 1 is 0.500 bits per heavy atom. The smallest absolute Gasteiger partial charge is 0.184 e. The highest BCUT2D eigenvalue weighted by Gasteiger charge is 2.39. The first kappa shape index (κ1) is 19.6. The van der Waals surface area contributed by atoms with E-state index in [0.29, 0.717) is 17.2 Å². The summed E-state index contributed by atoms with van der Waals surface area (Å²) in [5.74, 6) is 1.96. The molecule has 0 bridgehead atoms. The van der Waals surface area contributed by atoms with Crippen molar-refractivity contribution in [2.45, 2.75) is 5.60 Å². The van der Waals surface area contributed by atoms with Crippen LogP contribution in [0.15, 0.2) is 109 Å². The van der Waals surface area contributed by atoms with Crippen molar-refractivity contribution in [2.24, 2.45) is 0 Å². The van der Waals surface area contributed by atoms with E-state index in [1.807, 2.05) is 72.8 Å². The summed E-state index contributed by atoms with van der Waals surface area (Å²) in [6, 6.07) is 36.4. The molecule has 0 saturated heterocycles. The molecule has 30 heavy (non-hydrogen) atoms. The second-order valence-electron chi connectivity index (χ2n) is 6.90. The first-order valence-electron chi connectivity index (χ1n) is 9.85. The van der Waals surface area contributed by atoms with Crippen LogP contribution in [0.5, 0.6) is 17.2 Å². The minimum atomic E-state index is -0.856. The van der Waals surface area contributed by atoms with Crippen LogP contribution in [0.3, 0.4) is 0 Å². The van der Waals surface area contributed by atoms with E-state index in [1.54, 1.807) is 14.2 Å². The third kappa shape index (κ3) is 3.62. The van der Waals surface area contributed by atoms with E-state index in [2.05, 4.69) is 36.4 Å². The van der Waals surface area contributed by atoms with Crippen LogP contribution in [0.1, 0.15) is 16.7 Å². The molecule has 0 spiro atoms. The second-order valence-corrected chi connectivity index (χ2v) is 6.90. The highest BCUT2D eigenvalue weighted by molar-refractivity contribution is 5.52. The van der Waals surface area contributed by atoms with Crippen molar-refractivity contribution in [3.8, 4) is 17.2 Å². The van der Waals surface area contributed by atoms with Crippen molar-refractivity contribution in [1.29, 1.82) is 0 Å². The third-order valence-electron chi connectivity index (χ3n) is 5.17. The molecular weight excluding hydrogens is 372 g/mol. The maximum Gasteiger partial charge on any atom is 0.184 e. The maximum absolute atomic E-state index is 6.90. The van der Waals surface area contributed by atoms with Gasteiger partial charge in [0.15, 0.2) is 17.1 Å². The van der Waals surface area contributed by atoms with Crippen LogP contribution >= 0.6 is 0 Å². The lowest BCUT2D eigenvalue weighted by Crippen LogP contribution is -2.36. The number of hydrogen-bond acceptors (Lipinski definition) is 3. The Kier molecular flexibility index (Phi) is 5.71. The molecule has 0 amide bonds. The Balaban J connectivity index is 1.99. The second kappa shape index (κ2) is 8.75. The summed E-state index contributed by atoms with van der Waals surface area (Å²) in [5.41, 5.74) is 2.23. The quantitative estimate of drug-likeness (QED) is 0.355. The Hall–Kier alpha value is -3.72. The Labute approximate surface area is 177 Å². The van der Waals surface area contributed by atoms with Gasteiger partial charge in [-0.3, -0.25) is 0 Å². The SMILES string of the molecule is COc1ccc(OC(c2ccccc2)(c2ccccc2)c2ccccc2)c(OC)c1. The van der Waals surface area contributed by atoms with Gasteiger partial charge in [-0.1, -0.05) is 91.0 Å². The van der Waals surface area contributed by atoms with E-state index in [4.69, 9.17) is 14.2 Å². The number of hydrogen-bond donors (Lipinski definition) is 0. The zero-order valence-electron chi connectivity index (χ0n) is 17.1. The van der Waals surface area contributed by atoms with E-state index >= 15 is 0 Å². The standard InChI is InChI=1S/C27H24O3/c1-28-24-18-19-25(26(20-24)29-2)30-27(21-12-6-3-7-13-21,22-14-8-4-9-15-22)23-16-10-5-11-17-23/h3-20H,1-2H3. The van der Waals surface area contributed by atoms with Gasteiger partial charge >= 0.3 is 0 Å². The first-order valence-corrected chi connectivity index (χ1v) is 9.85. The molecule has 3 nitrogen and oxygen atoms in total. The molecule has 0 aromatic heterocycles. The van der Waals surface area contributed by atoms with Gasteiger partial charge in [0.05, 0.1) is 14.2 Å². The van der Waals surface area contributed by atoms with Crippen LogP contribution in [-0.2, 0) is 5.60 Å². The molecule has 0 atom stereocenters. The van der Waals surface area contributed by atoms with Crippen molar-refractivity contribution >= 4 is 0 Å². The molecule has 4 aromatic carbocycles. The molecule has 0 heterocycles. The third-order valence-corrected chi connectivity index (χ3v) is 5.17. The van der Waals surface area contributed by atoms with Crippen LogP contribution in [0.4, 0.5) is 0 Å². The lowest BCUT2D eigenvalue weighted by Gasteiger charge is -2.36.